The van der Waals surface area contributed by atoms with Crippen LogP contribution in [0, 0.1) is 0 Å². The molecule has 1 N–H and O–H groups in total. The molecular weight excluding hydrogens is 284 g/mol. The number of ether oxygens (including phenoxy) is 1. The van der Waals surface area contributed by atoms with E-state index in [9.17, 15) is 9.59 Å². The van der Waals surface area contributed by atoms with Crippen molar-refractivity contribution in [3.05, 3.63) is 23.0 Å². The van der Waals surface area contributed by atoms with Crippen LogP contribution in [0.3, 0.4) is 0 Å². The number of aliphatic carboxylic acids is 1. The standard InChI is InChI=1S/C13H17ClN2O4/c1-20-5-4-15(8-12(17)18)13(19)11-6-9(14)7-16(11)10-2-3-10/h6-7,10H,2-5,8H2,1H3,(H,17,18). The van der Waals surface area contributed by atoms with E-state index < -0.39 is 5.97 Å². The van der Waals surface area contributed by atoms with E-state index in [-0.39, 0.29) is 25.6 Å². The largest absolute Gasteiger partial charge is 0.480 e. The molecule has 1 aromatic rings. The lowest BCUT2D eigenvalue weighted by molar-refractivity contribution is -0.137. The van der Waals surface area contributed by atoms with Gasteiger partial charge in [0.15, 0.2) is 0 Å². The number of nitrogens with zero attached hydrogens (tertiary/aromatic N) is 2. The van der Waals surface area contributed by atoms with Crippen LogP contribution in [0.25, 0.3) is 0 Å². The number of hydrogen-bond acceptors (Lipinski definition) is 3. The molecular formula is C13H17ClN2O4. The van der Waals surface area contributed by atoms with Crippen molar-refractivity contribution in [3.63, 3.8) is 0 Å². The number of amides is 1. The molecule has 1 fully saturated rings. The zero-order valence-electron chi connectivity index (χ0n) is 11.2. The summed E-state index contributed by atoms with van der Waals surface area (Å²) >= 11 is 5.96. The molecule has 0 atom stereocenters. The number of carboxylic acids is 1. The van der Waals surface area contributed by atoms with Crippen molar-refractivity contribution in [3.8, 4) is 0 Å². The maximum atomic E-state index is 12.5. The van der Waals surface area contributed by atoms with Gasteiger partial charge in [0.05, 0.1) is 11.6 Å². The summed E-state index contributed by atoms with van der Waals surface area (Å²) in [6.45, 7) is 0.168. The fourth-order valence-corrected chi connectivity index (χ4v) is 2.26. The third-order valence-electron chi connectivity index (χ3n) is 3.15. The predicted octanol–water partition coefficient (Wildman–Crippen LogP) is 1.65. The summed E-state index contributed by atoms with van der Waals surface area (Å²) in [5.41, 5.74) is 0.440. The maximum absolute atomic E-state index is 12.5. The highest BCUT2D eigenvalue weighted by molar-refractivity contribution is 6.31. The Balaban J connectivity index is 2.19. The summed E-state index contributed by atoms with van der Waals surface area (Å²) in [7, 11) is 1.51. The normalized spacial score (nSPS) is 14.3. The Bertz CT molecular complexity index is 510. The second kappa shape index (κ2) is 6.28. The summed E-state index contributed by atoms with van der Waals surface area (Å²) < 4.78 is 6.76. The first-order chi connectivity index (χ1) is 9.52. The second-order valence-electron chi connectivity index (χ2n) is 4.80. The van der Waals surface area contributed by atoms with Gasteiger partial charge in [-0.25, -0.2) is 0 Å². The molecule has 0 aromatic carbocycles. The average Bonchev–Trinajstić information content (AvgIpc) is 3.16. The molecule has 0 radical (unpaired) electrons. The summed E-state index contributed by atoms with van der Waals surface area (Å²) in [6, 6.07) is 1.89. The van der Waals surface area contributed by atoms with E-state index in [1.165, 1.54) is 12.0 Å². The lowest BCUT2D eigenvalue weighted by Crippen LogP contribution is -2.38. The van der Waals surface area contributed by atoms with Gasteiger partial charge in [-0.05, 0) is 18.9 Å². The highest BCUT2D eigenvalue weighted by atomic mass is 35.5. The first-order valence-electron chi connectivity index (χ1n) is 6.40. The van der Waals surface area contributed by atoms with Crippen molar-refractivity contribution >= 4 is 23.5 Å². The van der Waals surface area contributed by atoms with E-state index in [2.05, 4.69) is 0 Å². The van der Waals surface area contributed by atoms with Crippen molar-refractivity contribution in [1.29, 1.82) is 0 Å². The monoisotopic (exact) mass is 300 g/mol. The zero-order chi connectivity index (χ0) is 14.7. The summed E-state index contributed by atoms with van der Waals surface area (Å²) in [5, 5.41) is 9.40. The van der Waals surface area contributed by atoms with Crippen molar-refractivity contribution in [2.24, 2.45) is 0 Å². The molecule has 1 aromatic heterocycles. The van der Waals surface area contributed by atoms with Crippen LogP contribution in [0.2, 0.25) is 5.02 Å². The molecule has 0 spiro atoms. The number of carbonyl (C=O) groups excluding carboxylic acids is 1. The average molecular weight is 301 g/mol. The number of methoxy groups -OCH3 is 1. The molecule has 0 aliphatic heterocycles. The van der Waals surface area contributed by atoms with Crippen LogP contribution < -0.4 is 0 Å². The quantitative estimate of drug-likeness (QED) is 0.831. The van der Waals surface area contributed by atoms with Gasteiger partial charge in [0.2, 0.25) is 0 Å². The molecule has 1 heterocycles. The number of carbonyl (C=O) groups is 2. The summed E-state index contributed by atoms with van der Waals surface area (Å²) in [4.78, 5) is 24.6. The van der Waals surface area contributed by atoms with Gasteiger partial charge in [0, 0.05) is 25.9 Å². The highest BCUT2D eigenvalue weighted by Crippen LogP contribution is 2.37. The number of carboxylic acid groups (broad SMARTS) is 1. The van der Waals surface area contributed by atoms with Crippen LogP contribution in [-0.2, 0) is 9.53 Å². The second-order valence-corrected chi connectivity index (χ2v) is 5.23. The van der Waals surface area contributed by atoms with E-state index in [1.54, 1.807) is 12.3 Å². The van der Waals surface area contributed by atoms with Gasteiger partial charge in [-0.2, -0.15) is 0 Å². The van der Waals surface area contributed by atoms with Gasteiger partial charge < -0.3 is 19.3 Å². The van der Waals surface area contributed by atoms with E-state index >= 15 is 0 Å². The molecule has 1 amide bonds. The van der Waals surface area contributed by atoms with Gasteiger partial charge >= 0.3 is 5.97 Å². The van der Waals surface area contributed by atoms with Gasteiger partial charge in [0.25, 0.3) is 5.91 Å². The molecule has 2 rings (SSSR count). The lowest BCUT2D eigenvalue weighted by Gasteiger charge is -2.21. The number of aromatic nitrogens is 1. The molecule has 0 unspecified atom stereocenters. The first-order valence-corrected chi connectivity index (χ1v) is 6.78. The lowest BCUT2D eigenvalue weighted by atomic mass is 10.3. The summed E-state index contributed by atoms with van der Waals surface area (Å²) in [5.74, 6) is -1.38. The Hall–Kier alpha value is -1.53. The number of halogens is 1. The smallest absolute Gasteiger partial charge is 0.323 e. The minimum atomic E-state index is -1.05. The fraction of sp³-hybridized carbons (Fsp3) is 0.538. The van der Waals surface area contributed by atoms with Crippen LogP contribution >= 0.6 is 11.6 Å². The van der Waals surface area contributed by atoms with Gasteiger partial charge in [-0.1, -0.05) is 11.6 Å². The highest BCUT2D eigenvalue weighted by Gasteiger charge is 2.30. The first kappa shape index (κ1) is 14.9. The van der Waals surface area contributed by atoms with E-state index in [0.29, 0.717) is 16.8 Å². The molecule has 6 nitrogen and oxygen atoms in total. The van der Waals surface area contributed by atoms with Gasteiger partial charge in [-0.3, -0.25) is 9.59 Å². The number of rotatable bonds is 7. The zero-order valence-corrected chi connectivity index (χ0v) is 12.0. The Morgan fingerprint density at radius 2 is 2.25 bits per heavy atom. The Labute approximate surface area is 121 Å². The van der Waals surface area contributed by atoms with Crippen LogP contribution in [-0.4, -0.2) is 53.3 Å². The minimum absolute atomic E-state index is 0.231. The third-order valence-corrected chi connectivity index (χ3v) is 3.36. The van der Waals surface area contributed by atoms with Crippen molar-refractivity contribution in [2.75, 3.05) is 26.8 Å². The SMILES string of the molecule is COCCN(CC(=O)O)C(=O)c1cc(Cl)cn1C1CC1. The van der Waals surface area contributed by atoms with Crippen molar-refractivity contribution in [1.82, 2.24) is 9.47 Å². The molecule has 1 aliphatic rings. The van der Waals surface area contributed by atoms with Crippen LogP contribution in [0.4, 0.5) is 0 Å². The minimum Gasteiger partial charge on any atom is -0.480 e. The fourth-order valence-electron chi connectivity index (χ4n) is 2.05. The molecule has 7 heteroatoms. The Morgan fingerprint density at radius 3 is 2.80 bits per heavy atom. The van der Waals surface area contributed by atoms with E-state index in [4.69, 9.17) is 21.4 Å². The molecule has 20 heavy (non-hydrogen) atoms. The molecule has 1 saturated carbocycles. The van der Waals surface area contributed by atoms with Crippen molar-refractivity contribution < 1.29 is 19.4 Å². The van der Waals surface area contributed by atoms with Gasteiger partial charge in [-0.15, -0.1) is 0 Å². The van der Waals surface area contributed by atoms with Crippen LogP contribution in [0.5, 0.6) is 0 Å². The van der Waals surface area contributed by atoms with Crippen LogP contribution in [0.15, 0.2) is 12.3 Å². The number of hydrogen-bond donors (Lipinski definition) is 1. The van der Waals surface area contributed by atoms with Crippen LogP contribution in [0.1, 0.15) is 29.4 Å². The van der Waals surface area contributed by atoms with Crippen molar-refractivity contribution in [2.45, 2.75) is 18.9 Å². The topological polar surface area (TPSA) is 71.8 Å². The molecule has 1 aliphatic carbocycles. The van der Waals surface area contributed by atoms with E-state index in [1.807, 2.05) is 4.57 Å². The molecule has 110 valence electrons. The van der Waals surface area contributed by atoms with Gasteiger partial charge in [0.1, 0.15) is 12.2 Å². The summed E-state index contributed by atoms with van der Waals surface area (Å²) in [6.07, 6.45) is 3.76. The third kappa shape index (κ3) is 3.52. The molecule has 0 saturated heterocycles. The Morgan fingerprint density at radius 1 is 1.55 bits per heavy atom. The maximum Gasteiger partial charge on any atom is 0.323 e. The van der Waals surface area contributed by atoms with E-state index in [0.717, 1.165) is 12.8 Å². The predicted molar refractivity (Wildman–Crippen MR) is 73.1 cm³/mol. The molecule has 0 bridgehead atoms. The Kier molecular flexibility index (Phi) is 4.67.